The zero-order valence-electron chi connectivity index (χ0n) is 23.9. The molecular weight excluding hydrogens is 500 g/mol. The number of aryl methyl sites for hydroxylation is 2. The number of carbonyl (C=O) groups excluding carboxylic acids is 4. The molecule has 0 aromatic heterocycles. The van der Waals surface area contributed by atoms with Crippen molar-refractivity contribution in [2.75, 3.05) is 5.32 Å². The Morgan fingerprint density at radius 3 is 2.08 bits per heavy atom. The molecule has 2 aromatic carbocycles. The summed E-state index contributed by atoms with van der Waals surface area (Å²) in [6, 6.07) is 9.28. The van der Waals surface area contributed by atoms with Crippen LogP contribution in [-0.4, -0.2) is 51.0 Å². The molecule has 2 atom stereocenters. The summed E-state index contributed by atoms with van der Waals surface area (Å²) in [6.07, 6.45) is -1.45. The highest BCUT2D eigenvalue weighted by atomic mass is 16.6. The van der Waals surface area contributed by atoms with Crippen molar-refractivity contribution < 1.29 is 29.0 Å². The van der Waals surface area contributed by atoms with E-state index in [1.165, 1.54) is 4.90 Å². The molecule has 2 aromatic rings. The summed E-state index contributed by atoms with van der Waals surface area (Å²) in [5, 5.41) is 16.3. The summed E-state index contributed by atoms with van der Waals surface area (Å²) >= 11 is 0. The Bertz CT molecular complexity index is 1230. The Balaban J connectivity index is 2.67. The van der Waals surface area contributed by atoms with Gasteiger partial charge in [-0.25, -0.2) is 4.79 Å². The van der Waals surface area contributed by atoms with Crippen LogP contribution in [0, 0.1) is 13.8 Å². The molecule has 0 aliphatic heterocycles. The number of ether oxygens (including phenoxy) is 1. The van der Waals surface area contributed by atoms with E-state index in [2.05, 4.69) is 10.6 Å². The Morgan fingerprint density at radius 2 is 1.54 bits per heavy atom. The molecule has 10 heteroatoms. The third kappa shape index (κ3) is 8.46. The first kappa shape index (κ1) is 31.1. The van der Waals surface area contributed by atoms with Crippen LogP contribution in [0.5, 0.6) is 5.75 Å². The Kier molecular flexibility index (Phi) is 9.73. The van der Waals surface area contributed by atoms with Crippen molar-refractivity contribution in [3.8, 4) is 5.75 Å². The average molecular weight is 541 g/mol. The first-order chi connectivity index (χ1) is 17.9. The van der Waals surface area contributed by atoms with Gasteiger partial charge in [-0.1, -0.05) is 36.4 Å². The van der Waals surface area contributed by atoms with E-state index in [0.717, 1.165) is 5.56 Å². The van der Waals surface area contributed by atoms with Gasteiger partial charge in [0.25, 0.3) is 5.91 Å². The largest absolute Gasteiger partial charge is 0.507 e. The van der Waals surface area contributed by atoms with Gasteiger partial charge in [-0.15, -0.1) is 0 Å². The summed E-state index contributed by atoms with van der Waals surface area (Å²) in [5.41, 5.74) is 5.56. The average Bonchev–Trinajstić information content (AvgIpc) is 2.77. The maximum absolute atomic E-state index is 14.1. The maximum atomic E-state index is 14.1. The molecule has 0 heterocycles. The van der Waals surface area contributed by atoms with Gasteiger partial charge in [0, 0.05) is 16.8 Å². The maximum Gasteiger partial charge on any atom is 0.408 e. The van der Waals surface area contributed by atoms with Gasteiger partial charge in [-0.2, -0.15) is 0 Å². The Morgan fingerprint density at radius 1 is 0.949 bits per heavy atom. The van der Waals surface area contributed by atoms with Gasteiger partial charge < -0.3 is 31.1 Å². The first-order valence-electron chi connectivity index (χ1n) is 12.7. The predicted octanol–water partition coefficient (Wildman–Crippen LogP) is 4.08. The molecule has 0 aliphatic carbocycles. The number of alkyl carbamates (subject to hydrolysis) is 1. The summed E-state index contributed by atoms with van der Waals surface area (Å²) in [4.78, 5) is 53.9. The number of rotatable bonds is 8. The van der Waals surface area contributed by atoms with E-state index in [0.29, 0.717) is 11.3 Å². The number of primary amides is 1. The number of aromatic hydroxyl groups is 1. The molecular formula is C29H40N4O6. The second-order valence-corrected chi connectivity index (χ2v) is 11.5. The van der Waals surface area contributed by atoms with Gasteiger partial charge in [0.05, 0.1) is 6.42 Å². The Hall–Kier alpha value is -4.08. The Labute approximate surface area is 229 Å². The zero-order valence-corrected chi connectivity index (χ0v) is 23.9. The van der Waals surface area contributed by atoms with E-state index < -0.39 is 53.5 Å². The molecule has 4 amide bonds. The monoisotopic (exact) mass is 540 g/mol. The second-order valence-electron chi connectivity index (χ2n) is 11.5. The summed E-state index contributed by atoms with van der Waals surface area (Å²) in [7, 11) is 0. The summed E-state index contributed by atoms with van der Waals surface area (Å²) in [6.45, 7) is 13.6. The fourth-order valence-electron chi connectivity index (χ4n) is 4.08. The molecule has 10 nitrogen and oxygen atoms in total. The molecule has 39 heavy (non-hydrogen) atoms. The van der Waals surface area contributed by atoms with Crippen LogP contribution < -0.4 is 16.4 Å². The third-order valence-electron chi connectivity index (χ3n) is 5.83. The lowest BCUT2D eigenvalue weighted by Crippen LogP contribution is -2.58. The number of anilines is 1. The van der Waals surface area contributed by atoms with E-state index in [-0.39, 0.29) is 11.3 Å². The van der Waals surface area contributed by atoms with Crippen LogP contribution in [0.4, 0.5) is 10.5 Å². The van der Waals surface area contributed by atoms with Crippen LogP contribution in [0.1, 0.15) is 70.7 Å². The predicted molar refractivity (Wildman–Crippen MR) is 149 cm³/mol. The van der Waals surface area contributed by atoms with Gasteiger partial charge in [0.2, 0.25) is 11.8 Å². The molecule has 0 fully saturated rings. The molecule has 5 N–H and O–H groups in total. The van der Waals surface area contributed by atoms with Crippen LogP contribution in [0.15, 0.2) is 42.5 Å². The topological polar surface area (TPSA) is 151 Å². The van der Waals surface area contributed by atoms with E-state index in [4.69, 9.17) is 10.5 Å². The lowest BCUT2D eigenvalue weighted by atomic mass is 9.93. The standard InChI is InChI=1S/C29H40N4O6/c1-17-12-9-10-15-20(17)31-25(36)23(19-14-11-13-18(2)24(19)35)33(28(3,4)5)26(37)21(16-22(30)34)32-27(38)39-29(6,7)8/h9-15,21,23,35H,16H2,1-8H3,(H2,30,34)(H,31,36)(H,32,38). The number of carbonyl (C=O) groups is 4. The number of para-hydroxylation sites is 2. The lowest BCUT2D eigenvalue weighted by Gasteiger charge is -2.43. The number of nitrogens with one attached hydrogen (secondary N) is 2. The van der Waals surface area contributed by atoms with Gasteiger partial charge >= 0.3 is 6.09 Å². The van der Waals surface area contributed by atoms with Crippen LogP contribution in [-0.2, 0) is 19.1 Å². The zero-order chi connectivity index (χ0) is 29.7. The highest BCUT2D eigenvalue weighted by molar-refractivity contribution is 6.00. The van der Waals surface area contributed by atoms with Crippen molar-refractivity contribution >= 4 is 29.5 Å². The number of nitrogens with zero attached hydrogens (tertiary/aromatic N) is 1. The number of nitrogens with two attached hydrogens (primary N) is 1. The van der Waals surface area contributed by atoms with Gasteiger partial charge in [0.1, 0.15) is 23.4 Å². The van der Waals surface area contributed by atoms with Crippen LogP contribution >= 0.6 is 0 Å². The number of hydrogen-bond donors (Lipinski definition) is 4. The fraction of sp³-hybridized carbons (Fsp3) is 0.448. The molecule has 0 saturated carbocycles. The van der Waals surface area contributed by atoms with Crippen molar-refractivity contribution in [1.82, 2.24) is 10.2 Å². The first-order valence-corrected chi connectivity index (χ1v) is 12.7. The van der Waals surface area contributed by atoms with Crippen molar-refractivity contribution in [2.24, 2.45) is 5.73 Å². The molecule has 0 aliphatic rings. The smallest absolute Gasteiger partial charge is 0.408 e. The molecule has 0 saturated heterocycles. The van der Waals surface area contributed by atoms with E-state index in [9.17, 15) is 24.3 Å². The minimum atomic E-state index is -1.43. The number of hydrogen-bond acceptors (Lipinski definition) is 6. The van der Waals surface area contributed by atoms with Crippen LogP contribution in [0.25, 0.3) is 0 Å². The van der Waals surface area contributed by atoms with Crippen molar-refractivity contribution in [1.29, 1.82) is 0 Å². The summed E-state index contributed by atoms with van der Waals surface area (Å²) < 4.78 is 5.29. The molecule has 0 radical (unpaired) electrons. The SMILES string of the molecule is Cc1ccccc1NC(=O)C(c1cccc(C)c1O)N(C(=O)C(CC(N)=O)NC(=O)OC(C)(C)C)C(C)(C)C. The second kappa shape index (κ2) is 12.2. The van der Waals surface area contributed by atoms with Gasteiger partial charge in [-0.3, -0.25) is 14.4 Å². The van der Waals surface area contributed by atoms with E-state index >= 15 is 0 Å². The van der Waals surface area contributed by atoms with Gasteiger partial charge in [-0.05, 0) is 72.6 Å². The third-order valence-corrected chi connectivity index (χ3v) is 5.83. The minimum Gasteiger partial charge on any atom is -0.507 e. The number of benzene rings is 2. The summed E-state index contributed by atoms with van der Waals surface area (Å²) in [5.74, 6) is -2.34. The molecule has 2 unspecified atom stereocenters. The molecule has 0 bridgehead atoms. The highest BCUT2D eigenvalue weighted by Gasteiger charge is 2.43. The van der Waals surface area contributed by atoms with E-state index in [1.54, 1.807) is 78.8 Å². The fourth-order valence-corrected chi connectivity index (χ4v) is 4.08. The van der Waals surface area contributed by atoms with Crippen LogP contribution in [0.3, 0.4) is 0 Å². The van der Waals surface area contributed by atoms with Crippen LogP contribution in [0.2, 0.25) is 0 Å². The quantitative estimate of drug-likeness (QED) is 0.396. The van der Waals surface area contributed by atoms with Crippen molar-refractivity contribution in [2.45, 2.75) is 85.0 Å². The minimum absolute atomic E-state index is 0.156. The van der Waals surface area contributed by atoms with Gasteiger partial charge in [0.15, 0.2) is 0 Å². The van der Waals surface area contributed by atoms with Crippen molar-refractivity contribution in [3.63, 3.8) is 0 Å². The highest BCUT2D eigenvalue weighted by Crippen LogP contribution is 2.37. The molecule has 212 valence electrons. The van der Waals surface area contributed by atoms with Crippen molar-refractivity contribution in [3.05, 3.63) is 59.2 Å². The molecule has 0 spiro atoms. The van der Waals surface area contributed by atoms with E-state index in [1.807, 2.05) is 19.1 Å². The number of phenolic OH excluding ortho intramolecular Hbond substituents is 1. The normalized spacial score (nSPS) is 13.1. The number of phenols is 1. The molecule has 2 rings (SSSR count). The lowest BCUT2D eigenvalue weighted by molar-refractivity contribution is -0.147. The number of amides is 4.